The van der Waals surface area contributed by atoms with Crippen LogP contribution in [0.2, 0.25) is 0 Å². The fraction of sp³-hybridized carbons (Fsp3) is 0.464. The molecule has 1 atom stereocenters. The highest BCUT2D eigenvalue weighted by Crippen LogP contribution is 2.37. The summed E-state index contributed by atoms with van der Waals surface area (Å²) < 4.78 is 5.76. The molecule has 2 aliphatic rings. The highest BCUT2D eigenvalue weighted by Gasteiger charge is 2.33. The molecule has 1 unspecified atom stereocenters. The lowest BCUT2D eigenvalue weighted by atomic mass is 9.79. The van der Waals surface area contributed by atoms with Gasteiger partial charge < -0.3 is 15.4 Å². The summed E-state index contributed by atoms with van der Waals surface area (Å²) in [6.45, 7) is 3.74. The summed E-state index contributed by atoms with van der Waals surface area (Å²) in [6, 6.07) is 14.4. The number of nitrogens with one attached hydrogen (secondary N) is 2. The van der Waals surface area contributed by atoms with Crippen molar-refractivity contribution >= 4 is 34.8 Å². The highest BCUT2D eigenvalue weighted by atomic mass is 16.5. The molecular weight excluding hydrogens is 442 g/mol. The summed E-state index contributed by atoms with van der Waals surface area (Å²) in [6.07, 6.45) is 7.07. The molecular formula is C28H35N3O4. The molecule has 0 saturated heterocycles. The van der Waals surface area contributed by atoms with Gasteiger partial charge in [0.1, 0.15) is 12.3 Å². The van der Waals surface area contributed by atoms with E-state index in [0.29, 0.717) is 22.8 Å². The largest absolute Gasteiger partial charge is 0.479 e. The zero-order chi connectivity index (χ0) is 24.8. The van der Waals surface area contributed by atoms with Crippen LogP contribution in [0.15, 0.2) is 48.5 Å². The predicted octanol–water partition coefficient (Wildman–Crippen LogP) is 5.37. The fourth-order valence-corrected chi connectivity index (χ4v) is 4.96. The Hall–Kier alpha value is -3.35. The first-order chi connectivity index (χ1) is 16.9. The van der Waals surface area contributed by atoms with E-state index in [9.17, 15) is 14.4 Å². The molecule has 1 fully saturated rings. The Bertz CT molecular complexity index is 1050. The number of para-hydroxylation sites is 1. The number of amides is 3. The van der Waals surface area contributed by atoms with E-state index in [2.05, 4.69) is 17.6 Å². The van der Waals surface area contributed by atoms with Crippen LogP contribution >= 0.6 is 0 Å². The van der Waals surface area contributed by atoms with Crippen molar-refractivity contribution in [1.29, 1.82) is 0 Å². The van der Waals surface area contributed by atoms with E-state index in [0.717, 1.165) is 31.6 Å². The van der Waals surface area contributed by atoms with Gasteiger partial charge in [0.15, 0.2) is 6.10 Å². The molecule has 0 bridgehead atoms. The summed E-state index contributed by atoms with van der Waals surface area (Å²) in [7, 11) is 0. The second kappa shape index (κ2) is 11.4. The zero-order valence-electron chi connectivity index (χ0n) is 20.6. The van der Waals surface area contributed by atoms with Gasteiger partial charge in [-0.05, 0) is 68.9 Å². The maximum absolute atomic E-state index is 12.9. The first-order valence-corrected chi connectivity index (χ1v) is 12.7. The number of hydrogen-bond acceptors (Lipinski definition) is 4. The number of carbonyl (C=O) groups excluding carboxylic acids is 3. The first-order valence-electron chi connectivity index (χ1n) is 12.7. The van der Waals surface area contributed by atoms with E-state index in [4.69, 9.17) is 4.74 Å². The monoisotopic (exact) mass is 477 g/mol. The molecule has 1 heterocycles. The van der Waals surface area contributed by atoms with Crippen molar-refractivity contribution in [3.05, 3.63) is 48.5 Å². The lowest BCUT2D eigenvalue weighted by molar-refractivity contribution is -0.127. The van der Waals surface area contributed by atoms with E-state index in [1.165, 1.54) is 24.2 Å². The van der Waals surface area contributed by atoms with E-state index < -0.39 is 6.10 Å². The first kappa shape index (κ1) is 24.8. The highest BCUT2D eigenvalue weighted by molar-refractivity contribution is 6.06. The van der Waals surface area contributed by atoms with Crippen molar-refractivity contribution in [1.82, 2.24) is 0 Å². The Morgan fingerprint density at radius 3 is 2.46 bits per heavy atom. The Morgan fingerprint density at radius 1 is 1.00 bits per heavy atom. The van der Waals surface area contributed by atoms with Gasteiger partial charge in [0, 0.05) is 17.3 Å². The number of hydrogen-bond donors (Lipinski definition) is 2. The summed E-state index contributed by atoms with van der Waals surface area (Å²) >= 11 is 0. The van der Waals surface area contributed by atoms with Crippen LogP contribution in [0.25, 0.3) is 0 Å². The molecule has 35 heavy (non-hydrogen) atoms. The smallest absolute Gasteiger partial charge is 0.268 e. The maximum atomic E-state index is 12.9. The third-order valence-corrected chi connectivity index (χ3v) is 6.98. The summed E-state index contributed by atoms with van der Waals surface area (Å²) in [5.74, 6) is 0.675. The average molecular weight is 478 g/mol. The number of carbonyl (C=O) groups is 3. The molecule has 3 amide bonds. The van der Waals surface area contributed by atoms with Crippen molar-refractivity contribution in [2.24, 2.45) is 11.8 Å². The molecule has 1 saturated carbocycles. The van der Waals surface area contributed by atoms with E-state index in [-0.39, 0.29) is 30.2 Å². The van der Waals surface area contributed by atoms with Gasteiger partial charge in [-0.2, -0.15) is 0 Å². The van der Waals surface area contributed by atoms with Gasteiger partial charge in [-0.3, -0.25) is 19.3 Å². The van der Waals surface area contributed by atoms with Crippen LogP contribution in [0, 0.1) is 11.8 Å². The SMILES string of the molecule is CCCCC1CCC(C(=O)Nc2ccc3c(c2)N(CC(=O)Nc2ccccc2)C(=O)C(C)O3)CC1. The number of nitrogens with zero attached hydrogens (tertiary/aromatic N) is 1. The Labute approximate surface area is 207 Å². The lowest BCUT2D eigenvalue weighted by Gasteiger charge is -2.33. The molecule has 186 valence electrons. The summed E-state index contributed by atoms with van der Waals surface area (Å²) in [5, 5.41) is 5.84. The minimum atomic E-state index is -0.699. The van der Waals surface area contributed by atoms with Crippen LogP contribution in [-0.4, -0.2) is 30.4 Å². The number of rotatable bonds is 8. The topological polar surface area (TPSA) is 87.7 Å². The second-order valence-corrected chi connectivity index (χ2v) is 9.63. The number of anilines is 3. The summed E-state index contributed by atoms with van der Waals surface area (Å²) in [5.41, 5.74) is 1.75. The number of fused-ring (bicyclic) bond motifs is 1. The quantitative estimate of drug-likeness (QED) is 0.535. The van der Waals surface area contributed by atoms with Crippen LogP contribution in [0.3, 0.4) is 0 Å². The van der Waals surface area contributed by atoms with Crippen LogP contribution in [0.5, 0.6) is 5.75 Å². The third kappa shape index (κ3) is 6.21. The lowest BCUT2D eigenvalue weighted by Crippen LogP contribution is -2.47. The molecule has 2 N–H and O–H groups in total. The molecule has 1 aliphatic heterocycles. The third-order valence-electron chi connectivity index (χ3n) is 6.98. The minimum Gasteiger partial charge on any atom is -0.479 e. The van der Waals surface area contributed by atoms with Crippen LogP contribution in [0.1, 0.15) is 58.8 Å². The minimum absolute atomic E-state index is 0.00886. The van der Waals surface area contributed by atoms with Crippen molar-refractivity contribution in [2.45, 2.75) is 64.9 Å². The number of benzene rings is 2. The van der Waals surface area contributed by atoms with E-state index >= 15 is 0 Å². The van der Waals surface area contributed by atoms with Crippen LogP contribution < -0.4 is 20.3 Å². The van der Waals surface area contributed by atoms with Crippen molar-refractivity contribution in [3.8, 4) is 5.75 Å². The standard InChI is InChI=1S/C28H35N3O4/c1-3-4-8-20-11-13-21(14-12-20)27(33)30-23-15-16-25-24(17-23)31(28(34)19(2)35-25)18-26(32)29-22-9-6-5-7-10-22/h5-7,9-10,15-17,19-21H,3-4,8,11-14,18H2,1-2H3,(H,29,32)(H,30,33). The molecule has 4 rings (SSSR count). The van der Waals surface area contributed by atoms with Crippen molar-refractivity contribution in [3.63, 3.8) is 0 Å². The van der Waals surface area contributed by atoms with E-state index in [1.54, 1.807) is 37.3 Å². The van der Waals surface area contributed by atoms with Gasteiger partial charge in [0.25, 0.3) is 5.91 Å². The molecule has 7 nitrogen and oxygen atoms in total. The second-order valence-electron chi connectivity index (χ2n) is 9.63. The fourth-order valence-electron chi connectivity index (χ4n) is 4.96. The van der Waals surface area contributed by atoms with E-state index in [1.807, 2.05) is 18.2 Å². The van der Waals surface area contributed by atoms with Gasteiger partial charge in [0.05, 0.1) is 5.69 Å². The summed E-state index contributed by atoms with van der Waals surface area (Å²) in [4.78, 5) is 40.0. The Morgan fingerprint density at radius 2 is 1.74 bits per heavy atom. The van der Waals surface area contributed by atoms with Crippen LogP contribution in [0.4, 0.5) is 17.1 Å². The van der Waals surface area contributed by atoms with Crippen LogP contribution in [-0.2, 0) is 14.4 Å². The average Bonchev–Trinajstić information content (AvgIpc) is 2.86. The predicted molar refractivity (Wildman–Crippen MR) is 138 cm³/mol. The number of unbranched alkanes of at least 4 members (excludes halogenated alkanes) is 1. The van der Waals surface area contributed by atoms with Gasteiger partial charge >= 0.3 is 0 Å². The molecule has 1 aliphatic carbocycles. The van der Waals surface area contributed by atoms with Gasteiger partial charge in [-0.25, -0.2) is 0 Å². The number of ether oxygens (including phenoxy) is 1. The molecule has 2 aromatic carbocycles. The molecule has 0 radical (unpaired) electrons. The maximum Gasteiger partial charge on any atom is 0.268 e. The molecule has 2 aromatic rings. The normalized spacial score (nSPS) is 21.6. The Balaban J connectivity index is 1.43. The van der Waals surface area contributed by atoms with Crippen molar-refractivity contribution in [2.75, 3.05) is 22.1 Å². The molecule has 0 aromatic heterocycles. The zero-order valence-corrected chi connectivity index (χ0v) is 20.6. The molecule has 7 heteroatoms. The van der Waals surface area contributed by atoms with Crippen molar-refractivity contribution < 1.29 is 19.1 Å². The van der Waals surface area contributed by atoms with Gasteiger partial charge in [-0.1, -0.05) is 44.4 Å². The Kier molecular flexibility index (Phi) is 8.06. The van der Waals surface area contributed by atoms with Gasteiger partial charge in [-0.15, -0.1) is 0 Å². The van der Waals surface area contributed by atoms with Gasteiger partial charge in [0.2, 0.25) is 11.8 Å². The molecule has 0 spiro atoms.